The molecule has 9 heteroatoms. The molecule has 2 heterocycles. The minimum Gasteiger partial charge on any atom is -0.482 e. The molecule has 0 unspecified atom stereocenters. The number of hydrogen-bond acceptors (Lipinski definition) is 5. The average molecular weight is 560 g/mol. The summed E-state index contributed by atoms with van der Waals surface area (Å²) < 4.78 is 39.9. The van der Waals surface area contributed by atoms with Crippen LogP contribution in [0.5, 0.6) is 5.75 Å². The Morgan fingerprint density at radius 1 is 1.10 bits per heavy atom. The van der Waals surface area contributed by atoms with Gasteiger partial charge in [-0.1, -0.05) is 48.9 Å². The molecule has 1 saturated heterocycles. The van der Waals surface area contributed by atoms with E-state index >= 15 is 4.39 Å². The van der Waals surface area contributed by atoms with E-state index in [-0.39, 0.29) is 10.9 Å². The van der Waals surface area contributed by atoms with Crippen molar-refractivity contribution in [2.24, 2.45) is 0 Å². The summed E-state index contributed by atoms with van der Waals surface area (Å²) in [6, 6.07) is 11.4. The van der Waals surface area contributed by atoms with Crippen LogP contribution in [0, 0.1) is 5.82 Å². The van der Waals surface area contributed by atoms with Gasteiger partial charge in [0, 0.05) is 29.6 Å². The number of benzene rings is 2. The molecule has 0 aromatic heterocycles. The summed E-state index contributed by atoms with van der Waals surface area (Å²) in [5.74, 6) is -0.302. The fourth-order valence-electron chi connectivity index (χ4n) is 5.33. The van der Waals surface area contributed by atoms with Crippen LogP contribution in [0.1, 0.15) is 91.7 Å². The van der Waals surface area contributed by atoms with Gasteiger partial charge in [0.1, 0.15) is 22.8 Å². The van der Waals surface area contributed by atoms with Gasteiger partial charge in [-0.15, -0.1) is 0 Å². The number of ether oxygens (including phenoxy) is 2. The lowest BCUT2D eigenvalue weighted by atomic mass is 9.69. The fraction of sp³-hybridized carbons (Fsp3) is 0.567. The summed E-state index contributed by atoms with van der Waals surface area (Å²) in [6.45, 7) is 15.9. The van der Waals surface area contributed by atoms with Crippen molar-refractivity contribution in [2.75, 3.05) is 6.54 Å². The van der Waals surface area contributed by atoms with Crippen LogP contribution >= 0.6 is 11.6 Å². The lowest BCUT2D eigenvalue weighted by Gasteiger charge is -2.34. The zero-order valence-corrected chi connectivity index (χ0v) is 25.0. The monoisotopic (exact) mass is 559 g/mol. The Hall–Kier alpha value is -2.29. The number of carbonyl (C=O) groups is 1. The lowest BCUT2D eigenvalue weighted by Crippen LogP contribution is -2.41. The minimum atomic E-state index is -0.831. The van der Waals surface area contributed by atoms with Crippen molar-refractivity contribution < 1.29 is 28.0 Å². The van der Waals surface area contributed by atoms with Crippen molar-refractivity contribution in [2.45, 2.75) is 103 Å². The molecule has 0 saturated carbocycles. The number of halogens is 2. The first-order chi connectivity index (χ1) is 18.1. The van der Waals surface area contributed by atoms with Crippen molar-refractivity contribution in [1.82, 2.24) is 5.32 Å². The summed E-state index contributed by atoms with van der Waals surface area (Å²) in [4.78, 5) is 12.1. The molecule has 0 bridgehead atoms. The summed E-state index contributed by atoms with van der Waals surface area (Å²) in [6.07, 6.45) is 1.69. The van der Waals surface area contributed by atoms with E-state index in [1.807, 2.05) is 78.8 Å². The summed E-state index contributed by atoms with van der Waals surface area (Å²) in [7, 11) is -0.831. The van der Waals surface area contributed by atoms with Gasteiger partial charge >= 0.3 is 13.2 Å². The Morgan fingerprint density at radius 2 is 1.72 bits per heavy atom. The molecule has 39 heavy (non-hydrogen) atoms. The van der Waals surface area contributed by atoms with Gasteiger partial charge in [-0.05, 0) is 73.3 Å². The largest absolute Gasteiger partial charge is 0.496 e. The van der Waals surface area contributed by atoms with Crippen LogP contribution < -0.4 is 15.5 Å². The Balaban J connectivity index is 1.62. The summed E-state index contributed by atoms with van der Waals surface area (Å²) in [5.41, 5.74) is -0.249. The predicted octanol–water partition coefficient (Wildman–Crippen LogP) is 6.86. The van der Waals surface area contributed by atoms with Gasteiger partial charge in [0.05, 0.1) is 16.2 Å². The van der Waals surface area contributed by atoms with E-state index in [0.29, 0.717) is 24.2 Å². The molecular formula is C30H40BClFNO5. The van der Waals surface area contributed by atoms with Gasteiger partial charge in [0.15, 0.2) is 0 Å². The Bertz CT molecular complexity index is 1200. The van der Waals surface area contributed by atoms with E-state index in [1.54, 1.807) is 0 Å². The number of unbranched alkanes of at least 4 members (excludes halogenated alkanes) is 1. The Kier molecular flexibility index (Phi) is 8.07. The highest BCUT2D eigenvalue weighted by molar-refractivity contribution is 6.66. The zero-order chi connectivity index (χ0) is 28.8. The topological polar surface area (TPSA) is 66.0 Å². The van der Waals surface area contributed by atoms with Crippen LogP contribution in [0.15, 0.2) is 36.4 Å². The van der Waals surface area contributed by atoms with Crippen LogP contribution in [0.2, 0.25) is 5.02 Å². The first-order valence-corrected chi connectivity index (χ1v) is 14.0. The minimum absolute atomic E-state index is 0.00637. The van der Waals surface area contributed by atoms with E-state index in [0.717, 1.165) is 24.0 Å². The molecule has 0 radical (unpaired) electrons. The summed E-state index contributed by atoms with van der Waals surface area (Å²) in [5, 5.41) is 2.81. The molecule has 2 aromatic carbocycles. The number of nitrogens with one attached hydrogen (secondary N) is 1. The van der Waals surface area contributed by atoms with Gasteiger partial charge in [-0.25, -0.2) is 9.18 Å². The maximum atomic E-state index is 15.2. The number of fused-ring (bicyclic) bond motifs is 1. The quantitative estimate of drug-likeness (QED) is 0.296. The molecule has 6 nitrogen and oxygen atoms in total. The third-order valence-electron chi connectivity index (χ3n) is 8.08. The van der Waals surface area contributed by atoms with Crippen LogP contribution in [0.4, 0.5) is 9.18 Å². The van der Waals surface area contributed by atoms with Crippen molar-refractivity contribution >= 4 is 30.3 Å². The highest BCUT2D eigenvalue weighted by atomic mass is 35.5. The van der Waals surface area contributed by atoms with Crippen LogP contribution in [-0.4, -0.2) is 36.6 Å². The predicted molar refractivity (Wildman–Crippen MR) is 152 cm³/mol. The van der Waals surface area contributed by atoms with Crippen LogP contribution in [-0.2, 0) is 19.6 Å². The molecular weight excluding hydrogens is 520 g/mol. The number of alkyl carbamates (subject to hydrolysis) is 1. The van der Waals surface area contributed by atoms with Crippen LogP contribution in [0.25, 0.3) is 0 Å². The van der Waals surface area contributed by atoms with Gasteiger partial charge < -0.3 is 24.1 Å². The smallest absolute Gasteiger partial charge is 0.482 e. The normalized spacial score (nSPS) is 23.3. The van der Waals surface area contributed by atoms with Crippen LogP contribution in [0.3, 0.4) is 0 Å². The molecule has 1 fully saturated rings. The Morgan fingerprint density at radius 3 is 2.31 bits per heavy atom. The van der Waals surface area contributed by atoms with Gasteiger partial charge in [0.25, 0.3) is 0 Å². The molecule has 0 aliphatic carbocycles. The fourth-order valence-corrected chi connectivity index (χ4v) is 5.58. The second-order valence-electron chi connectivity index (χ2n) is 12.6. The van der Waals surface area contributed by atoms with Crippen molar-refractivity contribution in [1.29, 1.82) is 0 Å². The first-order valence-electron chi connectivity index (χ1n) is 13.7. The molecule has 0 spiro atoms. The molecule has 2 atom stereocenters. The Labute approximate surface area is 237 Å². The van der Waals surface area contributed by atoms with E-state index < -0.39 is 41.4 Å². The lowest BCUT2D eigenvalue weighted by molar-refractivity contribution is 0.00578. The van der Waals surface area contributed by atoms with E-state index in [1.165, 1.54) is 6.07 Å². The van der Waals surface area contributed by atoms with E-state index in [9.17, 15) is 4.79 Å². The second-order valence-corrected chi connectivity index (χ2v) is 12.9. The maximum Gasteiger partial charge on any atom is 0.496 e. The van der Waals surface area contributed by atoms with E-state index in [4.69, 9.17) is 30.4 Å². The van der Waals surface area contributed by atoms with Gasteiger partial charge in [-0.3, -0.25) is 0 Å². The standard InChI is InChI=1S/C30H40BClFNO5/c1-19-23-22(18-21(33)25(32)24(23)31-38-28(5,6)29(7,8)39-31)36-30(19,20-14-10-9-11-15-20)16-12-13-17-34-26(35)37-27(2,3)4/h9-11,14-15,18-19H,12-13,16-17H2,1-8H3,(H,34,35)/t19-,30-/m0/s1. The van der Waals surface area contributed by atoms with Crippen molar-refractivity contribution in [3.05, 3.63) is 58.4 Å². The maximum absolute atomic E-state index is 15.2. The molecule has 212 valence electrons. The number of rotatable bonds is 7. The second kappa shape index (κ2) is 10.6. The van der Waals surface area contributed by atoms with Gasteiger partial charge in [-0.2, -0.15) is 0 Å². The summed E-state index contributed by atoms with van der Waals surface area (Å²) >= 11 is 6.63. The molecule has 1 N–H and O–H groups in total. The third kappa shape index (κ3) is 5.79. The first kappa shape index (κ1) is 29.7. The van der Waals surface area contributed by atoms with Crippen molar-refractivity contribution in [3.8, 4) is 5.75 Å². The molecule has 1 amide bonds. The molecule has 2 aromatic rings. The highest BCUT2D eigenvalue weighted by Gasteiger charge is 2.56. The van der Waals surface area contributed by atoms with Gasteiger partial charge in [0.2, 0.25) is 0 Å². The number of amides is 1. The zero-order valence-electron chi connectivity index (χ0n) is 24.2. The average Bonchev–Trinajstić information content (AvgIpc) is 3.22. The van der Waals surface area contributed by atoms with E-state index in [2.05, 4.69) is 12.2 Å². The number of carbonyl (C=O) groups excluding carboxylic acids is 1. The number of hydrogen-bond donors (Lipinski definition) is 1. The third-order valence-corrected chi connectivity index (χ3v) is 8.46. The molecule has 2 aliphatic rings. The highest BCUT2D eigenvalue weighted by Crippen LogP contribution is 2.53. The molecule has 2 aliphatic heterocycles. The SMILES string of the molecule is C[C@H]1c2c(cc(F)c(Cl)c2B2OC(C)(C)C(C)(C)O2)O[C@]1(CCCCNC(=O)OC(C)(C)C)c1ccccc1. The van der Waals surface area contributed by atoms with Crippen molar-refractivity contribution in [3.63, 3.8) is 0 Å². The molecule has 4 rings (SSSR count).